The molecule has 26 heavy (non-hydrogen) atoms. The van der Waals surface area contributed by atoms with Crippen molar-refractivity contribution >= 4 is 21.9 Å². The van der Waals surface area contributed by atoms with Crippen LogP contribution in [0.3, 0.4) is 0 Å². The Bertz CT molecular complexity index is 738. The predicted molar refractivity (Wildman–Crippen MR) is 101 cm³/mol. The molecule has 0 bridgehead atoms. The quantitative estimate of drug-likeness (QED) is 0.565. The number of piperidine rings is 1. The molecule has 1 aromatic rings. The summed E-state index contributed by atoms with van der Waals surface area (Å²) in [5.41, 5.74) is 0.868. The van der Waals surface area contributed by atoms with Gasteiger partial charge in [0.05, 0.1) is 18.0 Å². The van der Waals surface area contributed by atoms with Crippen LogP contribution in [0.5, 0.6) is 0 Å². The third-order valence-electron chi connectivity index (χ3n) is 4.22. The number of primary sulfonamides is 1. The topological polar surface area (TPSA) is 108 Å². The molecule has 1 amide bonds. The van der Waals surface area contributed by atoms with Crippen LogP contribution in [-0.4, -0.2) is 63.8 Å². The van der Waals surface area contributed by atoms with Gasteiger partial charge in [0, 0.05) is 27.2 Å². The Hall–Kier alpha value is -2.13. The van der Waals surface area contributed by atoms with Gasteiger partial charge in [0.15, 0.2) is 5.96 Å². The summed E-state index contributed by atoms with van der Waals surface area (Å²) in [4.78, 5) is 20.2. The molecular weight excluding hydrogens is 354 g/mol. The first-order chi connectivity index (χ1) is 12.3. The molecular formula is C17H27N5O3S. The second-order valence-electron chi connectivity index (χ2n) is 6.52. The summed E-state index contributed by atoms with van der Waals surface area (Å²) in [6.07, 6.45) is 3.41. The van der Waals surface area contributed by atoms with Crippen LogP contribution in [0.15, 0.2) is 34.2 Å². The zero-order valence-electron chi connectivity index (χ0n) is 15.3. The molecule has 0 spiro atoms. The minimum absolute atomic E-state index is 0.0211. The molecule has 0 aromatic heterocycles. The minimum atomic E-state index is -3.69. The van der Waals surface area contributed by atoms with E-state index >= 15 is 0 Å². The summed E-state index contributed by atoms with van der Waals surface area (Å²) in [5, 5.41) is 8.26. The summed E-state index contributed by atoms with van der Waals surface area (Å²) >= 11 is 0. The van der Waals surface area contributed by atoms with Gasteiger partial charge in [-0.15, -0.1) is 0 Å². The highest BCUT2D eigenvalue weighted by atomic mass is 32.2. The summed E-state index contributed by atoms with van der Waals surface area (Å²) in [6, 6.07) is 6.34. The van der Waals surface area contributed by atoms with Crippen LogP contribution in [-0.2, 0) is 21.4 Å². The van der Waals surface area contributed by atoms with Gasteiger partial charge in [-0.1, -0.05) is 12.1 Å². The SMILES string of the molecule is CN(C)C(=O)CNC(=NCc1ccc(S(N)(=O)=O)cc1)N1CCCCC1. The molecule has 1 aromatic carbocycles. The smallest absolute Gasteiger partial charge is 0.241 e. The zero-order valence-corrected chi connectivity index (χ0v) is 16.1. The lowest BCUT2D eigenvalue weighted by Crippen LogP contribution is -2.47. The lowest BCUT2D eigenvalue weighted by Gasteiger charge is -2.30. The van der Waals surface area contributed by atoms with Crippen LogP contribution in [0, 0.1) is 0 Å². The Morgan fingerprint density at radius 1 is 1.19 bits per heavy atom. The van der Waals surface area contributed by atoms with Crippen molar-refractivity contribution in [2.75, 3.05) is 33.7 Å². The third-order valence-corrected chi connectivity index (χ3v) is 5.14. The minimum Gasteiger partial charge on any atom is -0.347 e. The second kappa shape index (κ2) is 9.00. The maximum Gasteiger partial charge on any atom is 0.241 e. The summed E-state index contributed by atoms with van der Waals surface area (Å²) in [6.45, 7) is 2.39. The predicted octanol–water partition coefficient (Wildman–Crippen LogP) is 0.354. The molecule has 8 nitrogen and oxygen atoms in total. The van der Waals surface area contributed by atoms with E-state index in [1.807, 2.05) is 0 Å². The molecule has 0 radical (unpaired) electrons. The number of hydrogen-bond donors (Lipinski definition) is 2. The highest BCUT2D eigenvalue weighted by Gasteiger charge is 2.16. The second-order valence-corrected chi connectivity index (χ2v) is 8.08. The average molecular weight is 382 g/mol. The lowest BCUT2D eigenvalue weighted by molar-refractivity contribution is -0.127. The van der Waals surface area contributed by atoms with Gasteiger partial charge in [-0.05, 0) is 37.0 Å². The molecule has 1 fully saturated rings. The van der Waals surface area contributed by atoms with Crippen molar-refractivity contribution in [1.82, 2.24) is 15.1 Å². The fourth-order valence-corrected chi connectivity index (χ4v) is 3.15. The summed E-state index contributed by atoms with van der Waals surface area (Å²) in [7, 11) is -0.259. The Morgan fingerprint density at radius 3 is 2.35 bits per heavy atom. The first kappa shape index (κ1) is 20.2. The highest BCUT2D eigenvalue weighted by molar-refractivity contribution is 7.89. The average Bonchev–Trinajstić information content (AvgIpc) is 2.61. The van der Waals surface area contributed by atoms with E-state index in [0.717, 1.165) is 31.5 Å². The number of rotatable bonds is 5. The Balaban J connectivity index is 2.09. The molecule has 1 aliphatic heterocycles. The van der Waals surface area contributed by atoms with Gasteiger partial charge >= 0.3 is 0 Å². The number of hydrogen-bond acceptors (Lipinski definition) is 4. The van der Waals surface area contributed by atoms with E-state index < -0.39 is 10.0 Å². The van der Waals surface area contributed by atoms with Crippen molar-refractivity contribution in [1.29, 1.82) is 0 Å². The molecule has 2 rings (SSSR count). The van der Waals surface area contributed by atoms with Gasteiger partial charge in [0.2, 0.25) is 15.9 Å². The van der Waals surface area contributed by atoms with Crippen molar-refractivity contribution < 1.29 is 13.2 Å². The van der Waals surface area contributed by atoms with Crippen molar-refractivity contribution in [3.63, 3.8) is 0 Å². The highest BCUT2D eigenvalue weighted by Crippen LogP contribution is 2.12. The molecule has 1 aliphatic rings. The summed E-state index contributed by atoms with van der Waals surface area (Å²) < 4.78 is 22.6. The zero-order chi connectivity index (χ0) is 19.2. The molecule has 9 heteroatoms. The fraction of sp³-hybridized carbons (Fsp3) is 0.529. The van der Waals surface area contributed by atoms with Crippen LogP contribution in [0.1, 0.15) is 24.8 Å². The number of likely N-dealkylation sites (N-methyl/N-ethyl adjacent to an activating group) is 1. The molecule has 3 N–H and O–H groups in total. The molecule has 0 saturated carbocycles. The number of sulfonamides is 1. The molecule has 0 unspecified atom stereocenters. The number of carbonyl (C=O) groups is 1. The lowest BCUT2D eigenvalue weighted by atomic mass is 10.1. The van der Waals surface area contributed by atoms with E-state index in [4.69, 9.17) is 5.14 Å². The first-order valence-electron chi connectivity index (χ1n) is 8.62. The maximum absolute atomic E-state index is 11.9. The van der Waals surface area contributed by atoms with Gasteiger partial charge in [-0.2, -0.15) is 0 Å². The largest absolute Gasteiger partial charge is 0.347 e. The van der Waals surface area contributed by atoms with E-state index in [1.165, 1.54) is 23.5 Å². The standard InChI is InChI=1S/C17H27N5O3S/c1-21(2)16(23)13-20-17(22-10-4-3-5-11-22)19-12-14-6-8-15(9-7-14)26(18,24)25/h6-9H,3-5,10-13H2,1-2H3,(H,19,20)(H2,18,24,25). The summed E-state index contributed by atoms with van der Waals surface area (Å²) in [5.74, 6) is 0.683. The van der Waals surface area contributed by atoms with Crippen molar-refractivity contribution in [3.8, 4) is 0 Å². The van der Waals surface area contributed by atoms with Gasteiger partial charge in [-0.3, -0.25) is 4.79 Å². The van der Waals surface area contributed by atoms with E-state index in [-0.39, 0.29) is 17.3 Å². The fourth-order valence-electron chi connectivity index (χ4n) is 2.64. The molecule has 0 atom stereocenters. The number of aliphatic imine (C=N–C) groups is 1. The van der Waals surface area contributed by atoms with E-state index in [0.29, 0.717) is 12.5 Å². The van der Waals surface area contributed by atoms with Crippen LogP contribution < -0.4 is 10.5 Å². The number of nitrogens with two attached hydrogens (primary N) is 1. The van der Waals surface area contributed by atoms with E-state index in [1.54, 1.807) is 26.2 Å². The van der Waals surface area contributed by atoms with Gasteiger partial charge < -0.3 is 15.1 Å². The number of amides is 1. The Kier molecular flexibility index (Phi) is 6.98. The number of carbonyl (C=O) groups excluding carboxylic acids is 1. The Labute approximate surface area is 155 Å². The number of benzene rings is 1. The normalized spacial score (nSPS) is 15.7. The van der Waals surface area contributed by atoms with Crippen molar-refractivity contribution in [2.24, 2.45) is 10.1 Å². The van der Waals surface area contributed by atoms with Crippen molar-refractivity contribution in [3.05, 3.63) is 29.8 Å². The molecule has 1 heterocycles. The van der Waals surface area contributed by atoms with Crippen LogP contribution in [0.2, 0.25) is 0 Å². The van der Waals surface area contributed by atoms with Crippen molar-refractivity contribution in [2.45, 2.75) is 30.7 Å². The number of nitrogens with zero attached hydrogens (tertiary/aromatic N) is 3. The third kappa shape index (κ3) is 5.99. The van der Waals surface area contributed by atoms with Crippen LogP contribution in [0.4, 0.5) is 0 Å². The first-order valence-corrected chi connectivity index (χ1v) is 10.2. The molecule has 0 aliphatic carbocycles. The van der Waals surface area contributed by atoms with Crippen LogP contribution in [0.25, 0.3) is 0 Å². The number of guanidine groups is 1. The maximum atomic E-state index is 11.9. The van der Waals surface area contributed by atoms with Gasteiger partial charge in [-0.25, -0.2) is 18.5 Å². The number of likely N-dealkylation sites (tertiary alicyclic amines) is 1. The molecule has 144 valence electrons. The monoisotopic (exact) mass is 381 g/mol. The van der Waals surface area contributed by atoms with Gasteiger partial charge in [0.1, 0.15) is 0 Å². The Morgan fingerprint density at radius 2 is 1.81 bits per heavy atom. The van der Waals surface area contributed by atoms with Gasteiger partial charge in [0.25, 0.3) is 0 Å². The molecule has 1 saturated heterocycles. The van der Waals surface area contributed by atoms with E-state index in [2.05, 4.69) is 15.2 Å². The van der Waals surface area contributed by atoms with E-state index in [9.17, 15) is 13.2 Å². The van der Waals surface area contributed by atoms with Crippen LogP contribution >= 0.6 is 0 Å². The number of nitrogens with one attached hydrogen (secondary N) is 1.